The molecule has 0 aliphatic rings. The molecule has 0 saturated carbocycles. The van der Waals surface area contributed by atoms with Gasteiger partial charge in [-0.1, -0.05) is 42.0 Å². The Morgan fingerprint density at radius 1 is 1.05 bits per heavy atom. The van der Waals surface area contributed by atoms with E-state index in [4.69, 9.17) is 0 Å². The summed E-state index contributed by atoms with van der Waals surface area (Å²) in [6, 6.07) is 14.1. The standard InChI is InChI=1S/C17H20FN/c1-12-4-8-16(9-5-12)14(3)19-11-15-7-6-13(2)17(18)10-15/h4-10,14,19H,11H2,1-3H3. The first-order valence-corrected chi connectivity index (χ1v) is 6.61. The average molecular weight is 257 g/mol. The zero-order chi connectivity index (χ0) is 13.8. The summed E-state index contributed by atoms with van der Waals surface area (Å²) >= 11 is 0. The van der Waals surface area contributed by atoms with Crippen LogP contribution in [0.1, 0.15) is 35.2 Å². The minimum absolute atomic E-state index is 0.137. The molecule has 0 aromatic heterocycles. The van der Waals surface area contributed by atoms with E-state index in [1.165, 1.54) is 11.1 Å². The third kappa shape index (κ3) is 3.65. The molecule has 100 valence electrons. The minimum Gasteiger partial charge on any atom is -0.306 e. The third-order valence-corrected chi connectivity index (χ3v) is 3.43. The molecular formula is C17H20FN. The zero-order valence-electron chi connectivity index (χ0n) is 11.7. The number of benzene rings is 2. The third-order valence-electron chi connectivity index (χ3n) is 3.43. The van der Waals surface area contributed by atoms with Crippen LogP contribution in [0.2, 0.25) is 0 Å². The summed E-state index contributed by atoms with van der Waals surface area (Å²) in [6.45, 7) is 6.65. The molecule has 0 radical (unpaired) electrons. The monoisotopic (exact) mass is 257 g/mol. The zero-order valence-corrected chi connectivity index (χ0v) is 11.7. The summed E-state index contributed by atoms with van der Waals surface area (Å²) in [6.07, 6.45) is 0. The van der Waals surface area contributed by atoms with E-state index in [0.717, 1.165) is 5.56 Å². The molecule has 2 heteroatoms. The number of hydrogen-bond donors (Lipinski definition) is 1. The highest BCUT2D eigenvalue weighted by molar-refractivity contribution is 5.25. The van der Waals surface area contributed by atoms with Crippen molar-refractivity contribution in [3.05, 3.63) is 70.5 Å². The minimum atomic E-state index is -0.137. The van der Waals surface area contributed by atoms with Crippen LogP contribution in [0.25, 0.3) is 0 Å². The van der Waals surface area contributed by atoms with Crippen LogP contribution in [-0.2, 0) is 6.54 Å². The molecule has 0 amide bonds. The maximum Gasteiger partial charge on any atom is 0.126 e. The first kappa shape index (κ1) is 13.8. The van der Waals surface area contributed by atoms with Gasteiger partial charge in [0.25, 0.3) is 0 Å². The summed E-state index contributed by atoms with van der Waals surface area (Å²) < 4.78 is 13.4. The summed E-state index contributed by atoms with van der Waals surface area (Å²) in [5, 5.41) is 3.41. The topological polar surface area (TPSA) is 12.0 Å². The van der Waals surface area contributed by atoms with E-state index in [-0.39, 0.29) is 11.9 Å². The molecule has 0 bridgehead atoms. The van der Waals surface area contributed by atoms with Crippen LogP contribution in [-0.4, -0.2) is 0 Å². The van der Waals surface area contributed by atoms with Gasteiger partial charge in [-0.2, -0.15) is 0 Å². The number of nitrogens with one attached hydrogen (secondary N) is 1. The van der Waals surface area contributed by atoms with E-state index in [2.05, 4.69) is 43.4 Å². The lowest BCUT2D eigenvalue weighted by Gasteiger charge is -2.15. The number of halogens is 1. The summed E-state index contributed by atoms with van der Waals surface area (Å²) in [5.74, 6) is -0.137. The van der Waals surface area contributed by atoms with E-state index in [1.807, 2.05) is 12.1 Å². The molecule has 1 nitrogen and oxygen atoms in total. The van der Waals surface area contributed by atoms with Gasteiger partial charge in [-0.3, -0.25) is 0 Å². The normalized spacial score (nSPS) is 12.4. The van der Waals surface area contributed by atoms with Gasteiger partial charge in [0.1, 0.15) is 5.82 Å². The molecule has 19 heavy (non-hydrogen) atoms. The van der Waals surface area contributed by atoms with E-state index in [1.54, 1.807) is 13.0 Å². The Hall–Kier alpha value is -1.67. The van der Waals surface area contributed by atoms with Gasteiger partial charge in [-0.05, 0) is 43.5 Å². The molecule has 0 fully saturated rings. The largest absolute Gasteiger partial charge is 0.306 e. The number of rotatable bonds is 4. The fourth-order valence-electron chi connectivity index (χ4n) is 1.99. The van der Waals surface area contributed by atoms with Gasteiger partial charge in [-0.15, -0.1) is 0 Å². The molecule has 0 spiro atoms. The summed E-state index contributed by atoms with van der Waals surface area (Å²) in [7, 11) is 0. The lowest BCUT2D eigenvalue weighted by molar-refractivity contribution is 0.568. The van der Waals surface area contributed by atoms with Crippen molar-refractivity contribution in [2.45, 2.75) is 33.4 Å². The van der Waals surface area contributed by atoms with Crippen LogP contribution in [0.15, 0.2) is 42.5 Å². The van der Waals surface area contributed by atoms with Crippen LogP contribution in [0.4, 0.5) is 4.39 Å². The molecule has 2 aromatic rings. The van der Waals surface area contributed by atoms with Crippen molar-refractivity contribution in [1.29, 1.82) is 0 Å². The predicted molar refractivity (Wildman–Crippen MR) is 77.6 cm³/mol. The van der Waals surface area contributed by atoms with Crippen molar-refractivity contribution >= 4 is 0 Å². The van der Waals surface area contributed by atoms with Gasteiger partial charge in [0.05, 0.1) is 0 Å². The van der Waals surface area contributed by atoms with Gasteiger partial charge in [0, 0.05) is 12.6 Å². The lowest BCUT2D eigenvalue weighted by atomic mass is 10.1. The van der Waals surface area contributed by atoms with E-state index in [0.29, 0.717) is 12.1 Å². The molecule has 2 rings (SSSR count). The highest BCUT2D eigenvalue weighted by Gasteiger charge is 2.05. The highest BCUT2D eigenvalue weighted by Crippen LogP contribution is 2.15. The lowest BCUT2D eigenvalue weighted by Crippen LogP contribution is -2.18. The molecule has 1 unspecified atom stereocenters. The predicted octanol–water partition coefficient (Wildman–Crippen LogP) is 4.29. The second kappa shape index (κ2) is 5.98. The van der Waals surface area contributed by atoms with Crippen molar-refractivity contribution in [3.8, 4) is 0 Å². The second-order valence-electron chi connectivity index (χ2n) is 5.10. The van der Waals surface area contributed by atoms with Gasteiger partial charge < -0.3 is 5.32 Å². The van der Waals surface area contributed by atoms with Crippen molar-refractivity contribution in [1.82, 2.24) is 5.32 Å². The highest BCUT2D eigenvalue weighted by atomic mass is 19.1. The molecule has 0 heterocycles. The molecule has 0 saturated heterocycles. The Bertz CT molecular complexity index is 546. The molecule has 1 atom stereocenters. The van der Waals surface area contributed by atoms with Crippen LogP contribution in [0.5, 0.6) is 0 Å². The van der Waals surface area contributed by atoms with E-state index in [9.17, 15) is 4.39 Å². The van der Waals surface area contributed by atoms with Gasteiger partial charge >= 0.3 is 0 Å². The second-order valence-corrected chi connectivity index (χ2v) is 5.10. The Kier molecular flexibility index (Phi) is 4.33. The van der Waals surface area contributed by atoms with Gasteiger partial charge in [0.2, 0.25) is 0 Å². The van der Waals surface area contributed by atoms with Crippen LogP contribution < -0.4 is 5.32 Å². The van der Waals surface area contributed by atoms with Crippen molar-refractivity contribution in [2.24, 2.45) is 0 Å². The Morgan fingerprint density at radius 3 is 2.37 bits per heavy atom. The molecule has 2 aromatic carbocycles. The molecule has 0 aliphatic carbocycles. The smallest absolute Gasteiger partial charge is 0.126 e. The SMILES string of the molecule is Cc1ccc(C(C)NCc2ccc(C)c(F)c2)cc1. The van der Waals surface area contributed by atoms with E-state index < -0.39 is 0 Å². The summed E-state index contributed by atoms with van der Waals surface area (Å²) in [5.41, 5.74) is 4.17. The van der Waals surface area contributed by atoms with Crippen molar-refractivity contribution in [3.63, 3.8) is 0 Å². The van der Waals surface area contributed by atoms with Crippen molar-refractivity contribution in [2.75, 3.05) is 0 Å². The molecule has 0 aliphatic heterocycles. The van der Waals surface area contributed by atoms with Gasteiger partial charge in [0.15, 0.2) is 0 Å². The summed E-state index contributed by atoms with van der Waals surface area (Å²) in [4.78, 5) is 0. The number of aryl methyl sites for hydroxylation is 2. The van der Waals surface area contributed by atoms with Gasteiger partial charge in [-0.25, -0.2) is 4.39 Å². The Morgan fingerprint density at radius 2 is 1.74 bits per heavy atom. The maximum absolute atomic E-state index is 13.4. The van der Waals surface area contributed by atoms with Crippen LogP contribution >= 0.6 is 0 Å². The van der Waals surface area contributed by atoms with Crippen molar-refractivity contribution < 1.29 is 4.39 Å². The Labute approximate surface area is 114 Å². The quantitative estimate of drug-likeness (QED) is 0.861. The maximum atomic E-state index is 13.4. The number of hydrogen-bond acceptors (Lipinski definition) is 1. The Balaban J connectivity index is 1.98. The molecule has 1 N–H and O–H groups in total. The fraction of sp³-hybridized carbons (Fsp3) is 0.294. The molecular weight excluding hydrogens is 237 g/mol. The van der Waals surface area contributed by atoms with Crippen LogP contribution in [0.3, 0.4) is 0 Å². The van der Waals surface area contributed by atoms with E-state index >= 15 is 0 Å². The first-order chi connectivity index (χ1) is 9.06. The first-order valence-electron chi connectivity index (χ1n) is 6.61. The average Bonchev–Trinajstić information content (AvgIpc) is 2.40. The fourth-order valence-corrected chi connectivity index (χ4v) is 1.99. The van der Waals surface area contributed by atoms with Crippen LogP contribution in [0, 0.1) is 19.7 Å².